The number of hydrogen-bond acceptors (Lipinski definition) is 4. The summed E-state index contributed by atoms with van der Waals surface area (Å²) < 4.78 is 0.317. The number of urea groups is 1. The maximum absolute atomic E-state index is 12.1. The first kappa shape index (κ1) is 17.4. The van der Waals surface area contributed by atoms with Crippen molar-refractivity contribution in [1.82, 2.24) is 15.5 Å². The van der Waals surface area contributed by atoms with E-state index in [1.807, 2.05) is 11.8 Å². The van der Waals surface area contributed by atoms with Crippen molar-refractivity contribution in [3.63, 3.8) is 0 Å². The van der Waals surface area contributed by atoms with Gasteiger partial charge in [-0.15, -0.1) is 0 Å². The summed E-state index contributed by atoms with van der Waals surface area (Å²) in [5.74, 6) is 0. The number of nitrogens with zero attached hydrogens (tertiary/aromatic N) is 1. The molecule has 2 aliphatic carbocycles. The fourth-order valence-electron chi connectivity index (χ4n) is 3.96. The predicted octanol–water partition coefficient (Wildman–Crippen LogP) is 1.95. The number of carbonyl (C=O) groups is 1. The monoisotopic (exact) mass is 341 g/mol. The van der Waals surface area contributed by atoms with Crippen LogP contribution in [0, 0.1) is 0 Å². The van der Waals surface area contributed by atoms with Crippen LogP contribution in [0.3, 0.4) is 0 Å². The van der Waals surface area contributed by atoms with E-state index in [0.717, 1.165) is 51.7 Å². The summed E-state index contributed by atoms with van der Waals surface area (Å²) >= 11 is 1.87. The van der Waals surface area contributed by atoms with E-state index in [9.17, 15) is 9.90 Å². The first-order valence-electron chi connectivity index (χ1n) is 9.13. The van der Waals surface area contributed by atoms with Crippen LogP contribution < -0.4 is 10.6 Å². The van der Waals surface area contributed by atoms with Gasteiger partial charge in [-0.25, -0.2) is 4.79 Å². The Labute approximate surface area is 143 Å². The van der Waals surface area contributed by atoms with Crippen molar-refractivity contribution in [1.29, 1.82) is 0 Å². The van der Waals surface area contributed by atoms with E-state index in [0.29, 0.717) is 10.8 Å². The minimum atomic E-state index is -0.155. The third-order valence-corrected chi connectivity index (χ3v) is 7.26. The lowest BCUT2D eigenvalue weighted by Gasteiger charge is -2.41. The Kier molecular flexibility index (Phi) is 5.75. The van der Waals surface area contributed by atoms with E-state index in [1.165, 1.54) is 19.3 Å². The SMILES string of the molecule is CSC1(CNC(=O)NC2CCN([C@H]3CCCC[C@@H]3O)CC2)CC1. The molecule has 0 bridgehead atoms. The largest absolute Gasteiger partial charge is 0.391 e. The molecule has 0 unspecified atom stereocenters. The lowest BCUT2D eigenvalue weighted by molar-refractivity contribution is 0.00777. The molecule has 0 aromatic rings. The molecule has 5 nitrogen and oxygen atoms in total. The molecule has 0 aromatic carbocycles. The molecular formula is C17H31N3O2S. The zero-order chi connectivity index (χ0) is 16.3. The maximum Gasteiger partial charge on any atom is 0.315 e. The smallest absolute Gasteiger partial charge is 0.315 e. The van der Waals surface area contributed by atoms with E-state index < -0.39 is 0 Å². The van der Waals surface area contributed by atoms with E-state index >= 15 is 0 Å². The lowest BCUT2D eigenvalue weighted by atomic mass is 9.89. The first-order valence-corrected chi connectivity index (χ1v) is 10.4. The van der Waals surface area contributed by atoms with E-state index in [4.69, 9.17) is 0 Å². The van der Waals surface area contributed by atoms with Gasteiger partial charge in [0.25, 0.3) is 0 Å². The van der Waals surface area contributed by atoms with Gasteiger partial charge in [-0.2, -0.15) is 11.8 Å². The Morgan fingerprint density at radius 1 is 1.22 bits per heavy atom. The van der Waals surface area contributed by atoms with E-state index in [2.05, 4.69) is 21.8 Å². The number of hydrogen-bond donors (Lipinski definition) is 3. The van der Waals surface area contributed by atoms with Crippen LogP contribution >= 0.6 is 11.8 Å². The van der Waals surface area contributed by atoms with Gasteiger partial charge in [0.05, 0.1) is 6.10 Å². The van der Waals surface area contributed by atoms with Gasteiger partial charge in [0, 0.05) is 36.5 Å². The molecule has 1 aliphatic heterocycles. The van der Waals surface area contributed by atoms with Gasteiger partial charge in [0.1, 0.15) is 0 Å². The van der Waals surface area contributed by atoms with Crippen molar-refractivity contribution >= 4 is 17.8 Å². The van der Waals surface area contributed by atoms with Crippen molar-refractivity contribution in [2.45, 2.75) is 74.3 Å². The lowest BCUT2D eigenvalue weighted by Crippen LogP contribution is -2.53. The van der Waals surface area contributed by atoms with Gasteiger partial charge in [-0.05, 0) is 44.8 Å². The summed E-state index contributed by atoms with van der Waals surface area (Å²) in [6.45, 7) is 2.76. The number of aliphatic hydroxyl groups excluding tert-OH is 1. The Balaban J connectivity index is 1.36. The van der Waals surface area contributed by atoms with Gasteiger partial charge in [0.15, 0.2) is 0 Å². The van der Waals surface area contributed by atoms with Crippen LogP contribution in [0.1, 0.15) is 51.4 Å². The van der Waals surface area contributed by atoms with Crippen LogP contribution in [0.25, 0.3) is 0 Å². The second-order valence-electron chi connectivity index (χ2n) is 7.44. The highest BCUT2D eigenvalue weighted by molar-refractivity contribution is 8.00. The molecule has 2 saturated carbocycles. The Morgan fingerprint density at radius 2 is 1.91 bits per heavy atom. The molecule has 1 saturated heterocycles. The second-order valence-corrected chi connectivity index (χ2v) is 8.72. The molecule has 1 heterocycles. The summed E-state index contributed by atoms with van der Waals surface area (Å²) in [6, 6.07) is 0.604. The minimum absolute atomic E-state index is 0.0125. The number of carbonyl (C=O) groups excluding carboxylic acids is 1. The van der Waals surface area contributed by atoms with Crippen LogP contribution in [0.2, 0.25) is 0 Å². The summed E-state index contributed by atoms with van der Waals surface area (Å²) in [5, 5.41) is 16.4. The quantitative estimate of drug-likeness (QED) is 0.715. The number of amides is 2. The molecule has 3 fully saturated rings. The minimum Gasteiger partial charge on any atom is -0.391 e. The highest BCUT2D eigenvalue weighted by Gasteiger charge is 2.42. The fourth-order valence-corrected chi connectivity index (χ4v) is 4.69. The van der Waals surface area contributed by atoms with Crippen molar-refractivity contribution in [3.8, 4) is 0 Å². The molecule has 3 rings (SSSR count). The molecule has 6 heteroatoms. The summed E-state index contributed by atoms with van der Waals surface area (Å²) in [7, 11) is 0. The zero-order valence-corrected chi connectivity index (χ0v) is 15.0. The highest BCUT2D eigenvalue weighted by Crippen LogP contribution is 2.46. The maximum atomic E-state index is 12.1. The van der Waals surface area contributed by atoms with Crippen LogP contribution in [0.4, 0.5) is 4.79 Å². The molecule has 0 radical (unpaired) electrons. The van der Waals surface area contributed by atoms with Crippen LogP contribution in [0.5, 0.6) is 0 Å². The third kappa shape index (κ3) is 4.54. The molecule has 23 heavy (non-hydrogen) atoms. The number of nitrogens with one attached hydrogen (secondary N) is 2. The zero-order valence-electron chi connectivity index (χ0n) is 14.2. The van der Waals surface area contributed by atoms with E-state index in [-0.39, 0.29) is 18.2 Å². The molecule has 3 N–H and O–H groups in total. The Bertz CT molecular complexity index is 409. The van der Waals surface area contributed by atoms with E-state index in [1.54, 1.807) is 0 Å². The summed E-state index contributed by atoms with van der Waals surface area (Å²) in [5.41, 5.74) is 0. The first-order chi connectivity index (χ1) is 11.1. The fraction of sp³-hybridized carbons (Fsp3) is 0.941. The Morgan fingerprint density at radius 3 is 2.52 bits per heavy atom. The van der Waals surface area contributed by atoms with Gasteiger partial charge < -0.3 is 15.7 Å². The average molecular weight is 342 g/mol. The predicted molar refractivity (Wildman–Crippen MR) is 94.9 cm³/mol. The van der Waals surface area contributed by atoms with Crippen molar-refractivity contribution in [2.75, 3.05) is 25.9 Å². The summed E-state index contributed by atoms with van der Waals surface area (Å²) in [6.07, 6.45) is 10.9. The normalized spacial score (nSPS) is 31.6. The standard InChI is InChI=1S/C17H31N3O2S/c1-23-17(8-9-17)12-18-16(22)19-13-6-10-20(11-7-13)14-4-2-3-5-15(14)21/h13-15,21H,2-12H2,1H3,(H2,18,19,22)/t14-,15-/m0/s1. The molecule has 2 atom stereocenters. The van der Waals surface area contributed by atoms with Crippen LogP contribution in [0.15, 0.2) is 0 Å². The van der Waals surface area contributed by atoms with Crippen molar-refractivity contribution in [2.24, 2.45) is 0 Å². The number of rotatable bonds is 5. The highest BCUT2D eigenvalue weighted by atomic mass is 32.2. The molecule has 0 spiro atoms. The summed E-state index contributed by atoms with van der Waals surface area (Å²) in [4.78, 5) is 14.5. The number of piperidine rings is 1. The third-order valence-electron chi connectivity index (χ3n) is 5.84. The molecule has 132 valence electrons. The number of likely N-dealkylation sites (tertiary alicyclic amines) is 1. The molecule has 2 amide bonds. The molecular weight excluding hydrogens is 310 g/mol. The van der Waals surface area contributed by atoms with Crippen molar-refractivity contribution < 1.29 is 9.90 Å². The topological polar surface area (TPSA) is 64.6 Å². The van der Waals surface area contributed by atoms with Crippen molar-refractivity contribution in [3.05, 3.63) is 0 Å². The van der Waals surface area contributed by atoms with Gasteiger partial charge in [0.2, 0.25) is 0 Å². The average Bonchev–Trinajstić information content (AvgIpc) is 3.35. The van der Waals surface area contributed by atoms with Crippen LogP contribution in [-0.4, -0.2) is 64.9 Å². The second kappa shape index (κ2) is 7.62. The molecule has 0 aromatic heterocycles. The Hall–Kier alpha value is -0.460. The van der Waals surface area contributed by atoms with Gasteiger partial charge in [-0.3, -0.25) is 4.90 Å². The molecule has 3 aliphatic rings. The number of thioether (sulfide) groups is 1. The number of aliphatic hydroxyl groups is 1. The van der Waals surface area contributed by atoms with Gasteiger partial charge in [-0.1, -0.05) is 12.8 Å². The van der Waals surface area contributed by atoms with Gasteiger partial charge >= 0.3 is 6.03 Å². The van der Waals surface area contributed by atoms with Crippen LogP contribution in [-0.2, 0) is 0 Å².